The molecule has 3 N–H and O–H groups in total. The van der Waals surface area contributed by atoms with Crippen LogP contribution in [0.1, 0.15) is 56.1 Å². The van der Waals surface area contributed by atoms with E-state index in [4.69, 9.17) is 0 Å². The van der Waals surface area contributed by atoms with Gasteiger partial charge in [0.2, 0.25) is 5.91 Å². The van der Waals surface area contributed by atoms with Gasteiger partial charge >= 0.3 is 6.03 Å². The average molecular weight is 394 g/mol. The lowest BCUT2D eigenvalue weighted by molar-refractivity contribution is -0.116. The molecule has 154 valence electrons. The molecule has 29 heavy (non-hydrogen) atoms. The predicted molar refractivity (Wildman–Crippen MR) is 117 cm³/mol. The Hall–Kier alpha value is -2.82. The number of benzene rings is 2. The Morgan fingerprint density at radius 1 is 0.897 bits per heavy atom. The van der Waals surface area contributed by atoms with Gasteiger partial charge in [-0.1, -0.05) is 67.8 Å². The third-order valence-corrected chi connectivity index (χ3v) is 5.34. The van der Waals surface area contributed by atoms with Crippen LogP contribution in [0.5, 0.6) is 0 Å². The van der Waals surface area contributed by atoms with E-state index in [0.717, 1.165) is 30.5 Å². The normalized spacial score (nSPS) is 14.2. The van der Waals surface area contributed by atoms with Crippen LogP contribution in [-0.2, 0) is 11.2 Å². The first-order valence-corrected chi connectivity index (χ1v) is 10.7. The lowest BCUT2D eigenvalue weighted by atomic mass is 9.96. The number of carbonyl (C=O) groups excluding carboxylic acids is 2. The van der Waals surface area contributed by atoms with Crippen molar-refractivity contribution in [1.82, 2.24) is 10.6 Å². The van der Waals surface area contributed by atoms with Crippen molar-refractivity contribution < 1.29 is 9.59 Å². The van der Waals surface area contributed by atoms with Crippen molar-refractivity contribution in [3.63, 3.8) is 0 Å². The van der Waals surface area contributed by atoms with Crippen LogP contribution in [0.3, 0.4) is 0 Å². The summed E-state index contributed by atoms with van der Waals surface area (Å²) in [5, 5.41) is 8.91. The van der Waals surface area contributed by atoms with E-state index in [-0.39, 0.29) is 11.9 Å². The molecular weight excluding hydrogens is 362 g/mol. The minimum atomic E-state index is -0.120. The maximum atomic E-state index is 12.3. The highest BCUT2D eigenvalue weighted by atomic mass is 16.2. The second-order valence-electron chi connectivity index (χ2n) is 7.71. The molecule has 5 nitrogen and oxygen atoms in total. The summed E-state index contributed by atoms with van der Waals surface area (Å²) >= 11 is 0. The first-order chi connectivity index (χ1) is 14.2. The zero-order valence-corrected chi connectivity index (χ0v) is 17.0. The minimum Gasteiger partial charge on any atom is -0.338 e. The molecular formula is C24H31N3O2. The Kier molecular flexibility index (Phi) is 8.11. The van der Waals surface area contributed by atoms with E-state index >= 15 is 0 Å². The number of para-hydroxylation sites is 1. The van der Waals surface area contributed by atoms with Crippen LogP contribution in [0.2, 0.25) is 0 Å². The molecule has 0 radical (unpaired) electrons. The molecule has 1 aliphatic rings. The number of rotatable bonds is 8. The molecule has 1 saturated carbocycles. The third-order valence-electron chi connectivity index (χ3n) is 5.34. The lowest BCUT2D eigenvalue weighted by Crippen LogP contribution is -2.43. The molecule has 1 fully saturated rings. The quantitative estimate of drug-likeness (QED) is 0.572. The van der Waals surface area contributed by atoms with Crippen LogP contribution in [-0.4, -0.2) is 24.5 Å². The van der Waals surface area contributed by atoms with E-state index in [2.05, 4.69) is 28.1 Å². The van der Waals surface area contributed by atoms with Crippen LogP contribution in [0.25, 0.3) is 0 Å². The molecule has 3 amide bonds. The Morgan fingerprint density at radius 2 is 1.62 bits per heavy atom. The molecule has 0 unspecified atom stereocenters. The summed E-state index contributed by atoms with van der Waals surface area (Å²) in [5.74, 6) is -0.0278. The lowest BCUT2D eigenvalue weighted by Gasteiger charge is -2.22. The van der Waals surface area contributed by atoms with Crippen molar-refractivity contribution in [2.45, 2.75) is 57.4 Å². The largest absolute Gasteiger partial charge is 0.338 e. The zero-order valence-electron chi connectivity index (χ0n) is 17.0. The number of amides is 3. The maximum Gasteiger partial charge on any atom is 0.315 e. The molecule has 0 spiro atoms. The second-order valence-corrected chi connectivity index (χ2v) is 7.71. The number of urea groups is 1. The fourth-order valence-electron chi connectivity index (χ4n) is 3.76. The van der Waals surface area contributed by atoms with Gasteiger partial charge in [0.1, 0.15) is 0 Å². The molecule has 0 aliphatic heterocycles. The number of carbonyl (C=O) groups is 2. The Morgan fingerprint density at radius 3 is 2.41 bits per heavy atom. The molecule has 1 aliphatic carbocycles. The average Bonchev–Trinajstić information content (AvgIpc) is 2.74. The minimum absolute atomic E-state index is 0.0278. The summed E-state index contributed by atoms with van der Waals surface area (Å²) in [5.41, 5.74) is 3.16. The Balaban J connectivity index is 1.39. The molecule has 0 bridgehead atoms. The van der Waals surface area contributed by atoms with Gasteiger partial charge in [-0.05, 0) is 42.9 Å². The highest BCUT2D eigenvalue weighted by Crippen LogP contribution is 2.19. The molecule has 0 saturated heterocycles. The van der Waals surface area contributed by atoms with E-state index in [0.29, 0.717) is 25.4 Å². The first-order valence-electron chi connectivity index (χ1n) is 10.7. The van der Waals surface area contributed by atoms with E-state index in [1.54, 1.807) is 0 Å². The number of anilines is 1. The van der Waals surface area contributed by atoms with Crippen molar-refractivity contribution in [1.29, 1.82) is 0 Å². The number of nitrogens with one attached hydrogen (secondary N) is 3. The Labute approximate surface area is 173 Å². The van der Waals surface area contributed by atoms with Crippen molar-refractivity contribution in [2.24, 2.45) is 0 Å². The van der Waals surface area contributed by atoms with Gasteiger partial charge in [0.15, 0.2) is 0 Å². The van der Waals surface area contributed by atoms with E-state index in [1.165, 1.54) is 24.8 Å². The monoisotopic (exact) mass is 393 g/mol. The molecule has 0 atom stereocenters. The van der Waals surface area contributed by atoms with Gasteiger partial charge in [-0.2, -0.15) is 0 Å². The van der Waals surface area contributed by atoms with Crippen molar-refractivity contribution in [3.8, 4) is 0 Å². The molecule has 2 aromatic carbocycles. The fraction of sp³-hybridized carbons (Fsp3) is 0.417. The van der Waals surface area contributed by atoms with Crippen LogP contribution in [0.4, 0.5) is 10.5 Å². The van der Waals surface area contributed by atoms with E-state index in [1.807, 2.05) is 42.5 Å². The molecule has 0 heterocycles. The fourth-order valence-corrected chi connectivity index (χ4v) is 3.76. The summed E-state index contributed by atoms with van der Waals surface area (Å²) in [4.78, 5) is 24.3. The van der Waals surface area contributed by atoms with Crippen LogP contribution in [0.15, 0.2) is 54.6 Å². The Bertz CT molecular complexity index is 786. The van der Waals surface area contributed by atoms with Gasteiger partial charge in [-0.3, -0.25) is 4.79 Å². The van der Waals surface area contributed by atoms with Crippen LogP contribution >= 0.6 is 0 Å². The smallest absolute Gasteiger partial charge is 0.315 e. The van der Waals surface area contributed by atoms with E-state index in [9.17, 15) is 9.59 Å². The third kappa shape index (κ3) is 7.26. The van der Waals surface area contributed by atoms with Crippen LogP contribution in [0, 0.1) is 0 Å². The summed E-state index contributed by atoms with van der Waals surface area (Å²) < 4.78 is 0. The summed E-state index contributed by atoms with van der Waals surface area (Å²) in [6.45, 7) is 0.498. The van der Waals surface area contributed by atoms with Crippen LogP contribution < -0.4 is 16.0 Å². The van der Waals surface area contributed by atoms with Gasteiger partial charge in [-0.25, -0.2) is 4.79 Å². The van der Waals surface area contributed by atoms with Crippen molar-refractivity contribution in [3.05, 3.63) is 65.7 Å². The van der Waals surface area contributed by atoms with Gasteiger partial charge < -0.3 is 16.0 Å². The number of hydrogen-bond donors (Lipinski definition) is 3. The van der Waals surface area contributed by atoms with Crippen molar-refractivity contribution in [2.75, 3.05) is 11.9 Å². The topological polar surface area (TPSA) is 70.2 Å². The van der Waals surface area contributed by atoms with Crippen molar-refractivity contribution >= 4 is 17.6 Å². The highest BCUT2D eigenvalue weighted by Gasteiger charge is 2.15. The molecule has 3 rings (SSSR count). The standard InChI is InChI=1S/C24H31N3O2/c28-23(16-9-17-25-24(29)26-21-13-5-2-6-14-21)27-22-15-8-7-12-20(22)18-19-10-3-1-4-11-19/h1,3-4,7-8,10-12,15,21H,2,5-6,9,13-14,16-18H2,(H,27,28)(H2,25,26,29). The summed E-state index contributed by atoms with van der Waals surface area (Å²) in [7, 11) is 0. The SMILES string of the molecule is O=C(CCCNC(=O)NC1CCCCC1)Nc1ccccc1Cc1ccccc1. The summed E-state index contributed by atoms with van der Waals surface area (Å²) in [6.07, 6.45) is 7.56. The maximum absolute atomic E-state index is 12.3. The summed E-state index contributed by atoms with van der Waals surface area (Å²) in [6, 6.07) is 18.3. The molecule has 2 aromatic rings. The number of hydrogen-bond acceptors (Lipinski definition) is 2. The predicted octanol–water partition coefficient (Wildman–Crippen LogP) is 4.63. The van der Waals surface area contributed by atoms with Gasteiger partial charge in [0, 0.05) is 24.7 Å². The second kappa shape index (κ2) is 11.2. The zero-order chi connectivity index (χ0) is 20.3. The highest BCUT2D eigenvalue weighted by molar-refractivity contribution is 5.91. The van der Waals surface area contributed by atoms with Gasteiger partial charge in [-0.15, -0.1) is 0 Å². The van der Waals surface area contributed by atoms with E-state index < -0.39 is 0 Å². The first kappa shape index (κ1) is 20.9. The molecule has 0 aromatic heterocycles. The van der Waals surface area contributed by atoms with Gasteiger partial charge in [0.05, 0.1) is 0 Å². The van der Waals surface area contributed by atoms with Gasteiger partial charge in [0.25, 0.3) is 0 Å². The molecule has 5 heteroatoms.